The third-order valence-corrected chi connectivity index (χ3v) is 7.09. The third-order valence-electron chi connectivity index (χ3n) is 3.85. The molecule has 1 aliphatic rings. The molecule has 1 fully saturated rings. The largest absolute Gasteiger partial charge is 0.307 e. The molecule has 1 saturated heterocycles. The van der Waals surface area contributed by atoms with Crippen LogP contribution in [0.4, 0.5) is 0 Å². The molecule has 3 rings (SSSR count). The first-order chi connectivity index (χ1) is 10.6. The van der Waals surface area contributed by atoms with E-state index in [2.05, 4.69) is 15.6 Å². The SMILES string of the molecule is Cn1nncc1CN[C@@H]1CCCN(S(=O)(=O)c2cccs2)C1. The predicted molar refractivity (Wildman–Crippen MR) is 83.9 cm³/mol. The Kier molecular flexibility index (Phi) is 4.57. The van der Waals surface area contributed by atoms with Crippen molar-refractivity contribution in [1.29, 1.82) is 0 Å². The molecule has 120 valence electrons. The predicted octanol–water partition coefficient (Wildman–Crippen LogP) is 0.819. The van der Waals surface area contributed by atoms with Crippen LogP contribution in [0.2, 0.25) is 0 Å². The molecule has 2 aromatic rings. The van der Waals surface area contributed by atoms with Crippen LogP contribution in [-0.4, -0.2) is 46.8 Å². The highest BCUT2D eigenvalue weighted by Crippen LogP contribution is 2.24. The number of nitrogens with one attached hydrogen (secondary N) is 1. The minimum atomic E-state index is -3.35. The fourth-order valence-corrected chi connectivity index (χ4v) is 5.25. The van der Waals surface area contributed by atoms with Gasteiger partial charge in [-0.1, -0.05) is 11.3 Å². The van der Waals surface area contributed by atoms with Crippen molar-refractivity contribution < 1.29 is 8.42 Å². The number of aromatic nitrogens is 3. The number of hydrogen-bond acceptors (Lipinski definition) is 6. The van der Waals surface area contributed by atoms with Gasteiger partial charge in [-0.25, -0.2) is 8.42 Å². The minimum Gasteiger partial charge on any atom is -0.307 e. The summed E-state index contributed by atoms with van der Waals surface area (Å²) in [5, 5.41) is 12.9. The molecule has 1 aliphatic heterocycles. The average molecular weight is 341 g/mol. The van der Waals surface area contributed by atoms with Crippen LogP contribution < -0.4 is 5.32 Å². The highest BCUT2D eigenvalue weighted by molar-refractivity contribution is 7.91. The van der Waals surface area contributed by atoms with Gasteiger partial charge in [-0.05, 0) is 24.3 Å². The van der Waals surface area contributed by atoms with Crippen molar-refractivity contribution in [3.8, 4) is 0 Å². The van der Waals surface area contributed by atoms with Gasteiger partial charge >= 0.3 is 0 Å². The Hall–Kier alpha value is -1.29. The molecule has 0 saturated carbocycles. The van der Waals surface area contributed by atoms with Crippen molar-refractivity contribution in [2.45, 2.75) is 29.6 Å². The van der Waals surface area contributed by atoms with E-state index < -0.39 is 10.0 Å². The zero-order valence-corrected chi connectivity index (χ0v) is 14.0. The second kappa shape index (κ2) is 6.45. The van der Waals surface area contributed by atoms with E-state index in [-0.39, 0.29) is 6.04 Å². The molecule has 3 heterocycles. The van der Waals surface area contributed by atoms with E-state index in [0.717, 1.165) is 18.5 Å². The van der Waals surface area contributed by atoms with Crippen molar-refractivity contribution in [1.82, 2.24) is 24.6 Å². The van der Waals surface area contributed by atoms with E-state index in [1.165, 1.54) is 11.3 Å². The lowest BCUT2D eigenvalue weighted by Crippen LogP contribution is -2.47. The first-order valence-corrected chi connectivity index (χ1v) is 9.50. The molecule has 0 radical (unpaired) electrons. The summed E-state index contributed by atoms with van der Waals surface area (Å²) < 4.78 is 28.9. The maximum atomic E-state index is 12.6. The molecular formula is C13H19N5O2S2. The van der Waals surface area contributed by atoms with Crippen molar-refractivity contribution >= 4 is 21.4 Å². The summed E-state index contributed by atoms with van der Waals surface area (Å²) in [6, 6.07) is 3.59. The first-order valence-electron chi connectivity index (χ1n) is 7.18. The van der Waals surface area contributed by atoms with E-state index >= 15 is 0 Å². The number of sulfonamides is 1. The van der Waals surface area contributed by atoms with Gasteiger partial charge in [-0.15, -0.1) is 16.4 Å². The Morgan fingerprint density at radius 3 is 3.05 bits per heavy atom. The van der Waals surface area contributed by atoms with Crippen LogP contribution in [-0.2, 0) is 23.6 Å². The maximum Gasteiger partial charge on any atom is 0.252 e. The number of nitrogens with zero attached hydrogens (tertiary/aromatic N) is 4. The number of rotatable bonds is 5. The van der Waals surface area contributed by atoms with Crippen LogP contribution in [0.5, 0.6) is 0 Å². The van der Waals surface area contributed by atoms with E-state index in [9.17, 15) is 8.42 Å². The fraction of sp³-hybridized carbons (Fsp3) is 0.538. The second-order valence-electron chi connectivity index (χ2n) is 5.36. The second-order valence-corrected chi connectivity index (χ2v) is 8.48. The average Bonchev–Trinajstić information content (AvgIpc) is 3.17. The lowest BCUT2D eigenvalue weighted by atomic mass is 10.1. The zero-order valence-electron chi connectivity index (χ0n) is 12.3. The van der Waals surface area contributed by atoms with Crippen LogP contribution in [0, 0.1) is 0 Å². The van der Waals surface area contributed by atoms with E-state index in [0.29, 0.717) is 23.8 Å². The summed E-state index contributed by atoms with van der Waals surface area (Å²) in [6.07, 6.45) is 3.56. The molecule has 0 spiro atoms. The molecule has 1 atom stereocenters. The summed E-state index contributed by atoms with van der Waals surface area (Å²) in [4.78, 5) is 0. The molecule has 9 heteroatoms. The summed E-state index contributed by atoms with van der Waals surface area (Å²) in [5.74, 6) is 0. The summed E-state index contributed by atoms with van der Waals surface area (Å²) in [6.45, 7) is 1.73. The Labute approximate surface area is 134 Å². The highest BCUT2D eigenvalue weighted by atomic mass is 32.2. The van der Waals surface area contributed by atoms with Crippen LogP contribution >= 0.6 is 11.3 Å². The zero-order chi connectivity index (χ0) is 15.6. The van der Waals surface area contributed by atoms with Gasteiger partial charge in [0.25, 0.3) is 10.0 Å². The highest BCUT2D eigenvalue weighted by Gasteiger charge is 2.30. The topological polar surface area (TPSA) is 80.1 Å². The van der Waals surface area contributed by atoms with Gasteiger partial charge < -0.3 is 5.32 Å². The molecule has 2 aromatic heterocycles. The number of hydrogen-bond donors (Lipinski definition) is 1. The van der Waals surface area contributed by atoms with Gasteiger partial charge in [0, 0.05) is 32.7 Å². The van der Waals surface area contributed by atoms with Crippen LogP contribution in [0.25, 0.3) is 0 Å². The standard InChI is InChI=1S/C13H19N5O2S2/c1-17-12(9-15-16-17)8-14-11-4-2-6-18(10-11)22(19,20)13-5-3-7-21-13/h3,5,7,9,11,14H,2,4,6,8,10H2,1H3/t11-/m1/s1. The molecule has 0 amide bonds. The van der Waals surface area contributed by atoms with Gasteiger partial charge in [0.1, 0.15) is 4.21 Å². The third kappa shape index (κ3) is 3.22. The van der Waals surface area contributed by atoms with Gasteiger partial charge in [0.2, 0.25) is 0 Å². The van der Waals surface area contributed by atoms with E-state index in [4.69, 9.17) is 0 Å². The van der Waals surface area contributed by atoms with E-state index in [1.54, 1.807) is 32.7 Å². The van der Waals surface area contributed by atoms with Gasteiger partial charge in [0.15, 0.2) is 0 Å². The smallest absolute Gasteiger partial charge is 0.252 e. The van der Waals surface area contributed by atoms with Crippen LogP contribution in [0.15, 0.2) is 27.9 Å². The summed E-state index contributed by atoms with van der Waals surface area (Å²) in [7, 11) is -1.50. The van der Waals surface area contributed by atoms with Gasteiger partial charge in [0.05, 0.1) is 11.9 Å². The molecular weight excluding hydrogens is 322 g/mol. The minimum absolute atomic E-state index is 0.151. The van der Waals surface area contributed by atoms with Crippen LogP contribution in [0.3, 0.4) is 0 Å². The molecule has 22 heavy (non-hydrogen) atoms. The summed E-state index contributed by atoms with van der Waals surface area (Å²) in [5.41, 5.74) is 0.984. The summed E-state index contributed by atoms with van der Waals surface area (Å²) >= 11 is 1.27. The van der Waals surface area contributed by atoms with Crippen LogP contribution in [0.1, 0.15) is 18.5 Å². The van der Waals surface area contributed by atoms with Gasteiger partial charge in [-0.3, -0.25) is 4.68 Å². The normalized spacial score (nSPS) is 20.3. The number of thiophene rings is 1. The lowest BCUT2D eigenvalue weighted by Gasteiger charge is -2.32. The first kappa shape index (κ1) is 15.6. The molecule has 0 aliphatic carbocycles. The van der Waals surface area contributed by atoms with Crippen molar-refractivity contribution in [2.24, 2.45) is 7.05 Å². The lowest BCUT2D eigenvalue weighted by molar-refractivity contribution is 0.281. The monoisotopic (exact) mass is 341 g/mol. The maximum absolute atomic E-state index is 12.6. The molecule has 0 unspecified atom stereocenters. The van der Waals surface area contributed by atoms with Crippen molar-refractivity contribution in [3.63, 3.8) is 0 Å². The Balaban J connectivity index is 1.63. The Morgan fingerprint density at radius 2 is 2.36 bits per heavy atom. The molecule has 1 N–H and O–H groups in total. The Bertz CT molecular complexity index is 711. The Morgan fingerprint density at radius 1 is 1.50 bits per heavy atom. The van der Waals surface area contributed by atoms with E-state index in [1.807, 2.05) is 7.05 Å². The number of piperidine rings is 1. The quantitative estimate of drug-likeness (QED) is 0.871. The molecule has 7 nitrogen and oxygen atoms in total. The van der Waals surface area contributed by atoms with Crippen molar-refractivity contribution in [2.75, 3.05) is 13.1 Å². The number of aryl methyl sites for hydroxylation is 1. The molecule has 0 aromatic carbocycles. The van der Waals surface area contributed by atoms with Crippen molar-refractivity contribution in [3.05, 3.63) is 29.4 Å². The van der Waals surface area contributed by atoms with Gasteiger partial charge in [-0.2, -0.15) is 4.31 Å². The molecule has 0 bridgehead atoms. The fourth-order valence-electron chi connectivity index (χ4n) is 2.58.